The zero-order valence-corrected chi connectivity index (χ0v) is 10.8. The van der Waals surface area contributed by atoms with Crippen molar-refractivity contribution >= 4 is 11.9 Å². The predicted octanol–water partition coefficient (Wildman–Crippen LogP) is 3.31. The second-order valence-electron chi connectivity index (χ2n) is 4.94. The molecule has 0 aromatic heterocycles. The maximum Gasteiger partial charge on any atom is 0.189 e. The van der Waals surface area contributed by atoms with Gasteiger partial charge in [-0.2, -0.15) is 0 Å². The van der Waals surface area contributed by atoms with Crippen molar-refractivity contribution in [2.24, 2.45) is 0 Å². The van der Waals surface area contributed by atoms with E-state index in [2.05, 4.69) is 0 Å². The molecule has 100 valence electrons. The summed E-state index contributed by atoms with van der Waals surface area (Å²) in [6, 6.07) is 11.9. The number of aryl methyl sites for hydroxylation is 1. The normalized spacial score (nSPS) is 16.2. The fourth-order valence-electron chi connectivity index (χ4n) is 2.56. The van der Waals surface area contributed by atoms with Crippen LogP contribution in [0.1, 0.15) is 27.9 Å². The van der Waals surface area contributed by atoms with Crippen molar-refractivity contribution in [2.45, 2.75) is 12.8 Å². The molecule has 3 rings (SSSR count). The highest BCUT2D eigenvalue weighted by atomic mass is 16.3. The van der Waals surface area contributed by atoms with Crippen LogP contribution in [0.25, 0.3) is 6.08 Å². The molecule has 2 aromatic rings. The highest BCUT2D eigenvalue weighted by molar-refractivity contribution is 6.13. The summed E-state index contributed by atoms with van der Waals surface area (Å²) in [6.07, 6.45) is 3.24. The molecule has 0 atom stereocenters. The molecule has 2 N–H and O–H groups in total. The number of aromatic hydroxyl groups is 2. The monoisotopic (exact) mass is 266 g/mol. The molecule has 0 fully saturated rings. The SMILES string of the molecule is O=C1/C(=C/c2cc(O)cc(O)c2)CCc2ccccc21. The van der Waals surface area contributed by atoms with Gasteiger partial charge in [0.1, 0.15) is 11.5 Å². The van der Waals surface area contributed by atoms with Gasteiger partial charge in [0.25, 0.3) is 0 Å². The Morgan fingerprint density at radius 1 is 0.950 bits per heavy atom. The van der Waals surface area contributed by atoms with E-state index in [1.54, 1.807) is 6.08 Å². The molecule has 2 aromatic carbocycles. The van der Waals surface area contributed by atoms with Crippen molar-refractivity contribution in [2.75, 3.05) is 0 Å². The number of hydrogen-bond acceptors (Lipinski definition) is 3. The van der Waals surface area contributed by atoms with Gasteiger partial charge in [-0.3, -0.25) is 4.79 Å². The summed E-state index contributed by atoms with van der Waals surface area (Å²) in [4.78, 5) is 12.4. The molecule has 0 spiro atoms. The lowest BCUT2D eigenvalue weighted by Gasteiger charge is -2.17. The van der Waals surface area contributed by atoms with Crippen molar-refractivity contribution in [1.82, 2.24) is 0 Å². The van der Waals surface area contributed by atoms with E-state index in [0.29, 0.717) is 17.6 Å². The van der Waals surface area contributed by atoms with Crippen LogP contribution in [0.5, 0.6) is 11.5 Å². The number of carbonyl (C=O) groups is 1. The van der Waals surface area contributed by atoms with Crippen molar-refractivity contribution in [1.29, 1.82) is 0 Å². The molecule has 1 aliphatic carbocycles. The lowest BCUT2D eigenvalue weighted by atomic mass is 9.86. The quantitative estimate of drug-likeness (QED) is 0.778. The first-order valence-electron chi connectivity index (χ1n) is 6.50. The summed E-state index contributed by atoms with van der Waals surface area (Å²) < 4.78 is 0. The average Bonchev–Trinajstić information content (AvgIpc) is 2.41. The van der Waals surface area contributed by atoms with Crippen LogP contribution in [0.15, 0.2) is 48.0 Å². The van der Waals surface area contributed by atoms with Gasteiger partial charge in [0.2, 0.25) is 0 Å². The predicted molar refractivity (Wildman–Crippen MR) is 76.8 cm³/mol. The van der Waals surface area contributed by atoms with Crippen LogP contribution < -0.4 is 0 Å². The smallest absolute Gasteiger partial charge is 0.189 e. The highest BCUT2D eigenvalue weighted by Gasteiger charge is 2.21. The molecule has 0 aliphatic heterocycles. The van der Waals surface area contributed by atoms with Crippen molar-refractivity contribution in [3.63, 3.8) is 0 Å². The highest BCUT2D eigenvalue weighted by Crippen LogP contribution is 2.28. The Labute approximate surface area is 116 Å². The second-order valence-corrected chi connectivity index (χ2v) is 4.94. The van der Waals surface area contributed by atoms with Crippen LogP contribution in [-0.2, 0) is 6.42 Å². The molecular weight excluding hydrogens is 252 g/mol. The van der Waals surface area contributed by atoms with E-state index in [9.17, 15) is 15.0 Å². The summed E-state index contributed by atoms with van der Waals surface area (Å²) in [6.45, 7) is 0. The minimum atomic E-state index is -0.0134. The fraction of sp³-hybridized carbons (Fsp3) is 0.118. The number of carbonyl (C=O) groups excluding carboxylic acids is 1. The molecule has 0 bridgehead atoms. The van der Waals surface area contributed by atoms with Crippen molar-refractivity contribution < 1.29 is 15.0 Å². The zero-order chi connectivity index (χ0) is 14.1. The van der Waals surface area contributed by atoms with Crippen molar-refractivity contribution in [3.8, 4) is 11.5 Å². The standard InChI is InChI=1S/C17H14O3/c18-14-8-11(9-15(19)10-14)7-13-6-5-12-3-1-2-4-16(12)17(13)20/h1-4,7-10,18-19H,5-6H2/b13-7+. The van der Waals surface area contributed by atoms with Gasteiger partial charge in [-0.25, -0.2) is 0 Å². The number of phenolic OH excluding ortho intramolecular Hbond substituents is 2. The number of phenols is 2. The van der Waals surface area contributed by atoms with E-state index >= 15 is 0 Å². The maximum absolute atomic E-state index is 12.4. The van der Waals surface area contributed by atoms with Crippen LogP contribution in [0.2, 0.25) is 0 Å². The van der Waals surface area contributed by atoms with Crippen molar-refractivity contribution in [3.05, 3.63) is 64.7 Å². The van der Waals surface area contributed by atoms with E-state index in [-0.39, 0.29) is 17.3 Å². The van der Waals surface area contributed by atoms with Crippen LogP contribution in [-0.4, -0.2) is 16.0 Å². The topological polar surface area (TPSA) is 57.5 Å². The minimum Gasteiger partial charge on any atom is -0.508 e. The molecular formula is C17H14O3. The third-order valence-corrected chi connectivity index (χ3v) is 3.48. The molecule has 0 saturated carbocycles. The maximum atomic E-state index is 12.4. The minimum absolute atomic E-state index is 0.0134. The van der Waals surface area contributed by atoms with E-state index in [0.717, 1.165) is 17.5 Å². The Morgan fingerprint density at radius 3 is 2.40 bits per heavy atom. The Balaban J connectivity index is 2.00. The molecule has 3 nitrogen and oxygen atoms in total. The second kappa shape index (κ2) is 4.85. The van der Waals surface area contributed by atoms with Crippen LogP contribution >= 0.6 is 0 Å². The van der Waals surface area contributed by atoms with E-state index in [1.165, 1.54) is 18.2 Å². The van der Waals surface area contributed by atoms with Gasteiger partial charge in [0.05, 0.1) is 0 Å². The van der Waals surface area contributed by atoms with Crippen LogP contribution in [0, 0.1) is 0 Å². The summed E-state index contributed by atoms with van der Waals surface area (Å²) >= 11 is 0. The molecule has 0 radical (unpaired) electrons. The lowest BCUT2D eigenvalue weighted by Crippen LogP contribution is -2.13. The zero-order valence-electron chi connectivity index (χ0n) is 10.8. The Morgan fingerprint density at radius 2 is 1.65 bits per heavy atom. The first-order chi connectivity index (χ1) is 9.63. The first kappa shape index (κ1) is 12.5. The third-order valence-electron chi connectivity index (χ3n) is 3.48. The van der Waals surface area contributed by atoms with Gasteiger partial charge in [0.15, 0.2) is 5.78 Å². The number of rotatable bonds is 1. The Kier molecular flexibility index (Phi) is 3.03. The summed E-state index contributed by atoms with van der Waals surface area (Å²) in [5, 5.41) is 18.9. The van der Waals surface area contributed by atoms with Gasteiger partial charge in [-0.05, 0) is 42.2 Å². The molecule has 1 aliphatic rings. The molecule has 0 heterocycles. The van der Waals surface area contributed by atoms with Gasteiger partial charge in [-0.15, -0.1) is 0 Å². The average molecular weight is 266 g/mol. The fourth-order valence-corrected chi connectivity index (χ4v) is 2.56. The first-order valence-corrected chi connectivity index (χ1v) is 6.50. The number of Topliss-reactive ketones (excluding diaryl/α,β-unsaturated/α-hetero) is 1. The molecule has 20 heavy (non-hydrogen) atoms. The summed E-state index contributed by atoms with van der Waals surface area (Å²) in [5.41, 5.74) is 3.15. The van der Waals surface area contributed by atoms with Gasteiger partial charge in [0, 0.05) is 17.2 Å². The van der Waals surface area contributed by atoms with Crippen LogP contribution in [0.3, 0.4) is 0 Å². The number of allylic oxidation sites excluding steroid dienone is 1. The molecule has 0 saturated heterocycles. The van der Waals surface area contributed by atoms with E-state index in [4.69, 9.17) is 0 Å². The number of benzene rings is 2. The summed E-state index contributed by atoms with van der Waals surface area (Å²) in [7, 11) is 0. The van der Waals surface area contributed by atoms with Gasteiger partial charge < -0.3 is 10.2 Å². The van der Waals surface area contributed by atoms with Gasteiger partial charge >= 0.3 is 0 Å². The molecule has 3 heteroatoms. The van der Waals surface area contributed by atoms with Crippen LogP contribution in [0.4, 0.5) is 0 Å². The third kappa shape index (κ3) is 2.30. The van der Waals surface area contributed by atoms with E-state index < -0.39 is 0 Å². The molecule has 0 amide bonds. The van der Waals surface area contributed by atoms with E-state index in [1.807, 2.05) is 24.3 Å². The molecule has 0 unspecified atom stereocenters. The lowest BCUT2D eigenvalue weighted by molar-refractivity contribution is 0.102. The Bertz CT molecular complexity index is 694. The van der Waals surface area contributed by atoms with Gasteiger partial charge in [-0.1, -0.05) is 24.3 Å². The Hall–Kier alpha value is -2.55. The number of ketones is 1. The summed E-state index contributed by atoms with van der Waals surface area (Å²) in [5.74, 6) is -0.00398. The number of hydrogen-bond donors (Lipinski definition) is 2. The number of fused-ring (bicyclic) bond motifs is 1. The largest absolute Gasteiger partial charge is 0.508 e.